The molecule has 1 aromatic rings. The molecule has 2 atom stereocenters. The molecule has 5 heteroatoms. The normalized spacial score (nSPS) is 29.2. The standard InChI is InChI=1S/C12H15N3O2/c1-3-13-11(14-4-1)10-2-7-17-12(10)15-5-8-16-9-6-15/h1-4,7,10,12H,5-6,8-9H2. The van der Waals surface area contributed by atoms with Gasteiger partial charge in [-0.3, -0.25) is 4.90 Å². The van der Waals surface area contributed by atoms with E-state index in [0.29, 0.717) is 0 Å². The van der Waals surface area contributed by atoms with E-state index in [0.717, 1.165) is 32.1 Å². The van der Waals surface area contributed by atoms with Gasteiger partial charge >= 0.3 is 0 Å². The van der Waals surface area contributed by atoms with E-state index in [4.69, 9.17) is 9.47 Å². The first-order valence-corrected chi connectivity index (χ1v) is 5.86. The van der Waals surface area contributed by atoms with E-state index in [2.05, 4.69) is 14.9 Å². The van der Waals surface area contributed by atoms with Crippen molar-refractivity contribution in [3.63, 3.8) is 0 Å². The van der Waals surface area contributed by atoms with Gasteiger partial charge in [-0.15, -0.1) is 0 Å². The lowest BCUT2D eigenvalue weighted by Gasteiger charge is -2.33. The van der Waals surface area contributed by atoms with Crippen LogP contribution in [0.2, 0.25) is 0 Å². The van der Waals surface area contributed by atoms with Crippen LogP contribution in [0, 0.1) is 0 Å². The summed E-state index contributed by atoms with van der Waals surface area (Å²) in [5.74, 6) is 0.937. The highest BCUT2D eigenvalue weighted by Gasteiger charge is 2.34. The molecule has 0 saturated carbocycles. The van der Waals surface area contributed by atoms with E-state index in [-0.39, 0.29) is 12.1 Å². The van der Waals surface area contributed by atoms with Gasteiger partial charge in [0.25, 0.3) is 0 Å². The minimum Gasteiger partial charge on any atom is -0.482 e. The van der Waals surface area contributed by atoms with Gasteiger partial charge < -0.3 is 9.47 Å². The maximum atomic E-state index is 5.67. The van der Waals surface area contributed by atoms with E-state index < -0.39 is 0 Å². The topological polar surface area (TPSA) is 47.5 Å². The van der Waals surface area contributed by atoms with Gasteiger partial charge in [-0.05, 0) is 12.1 Å². The summed E-state index contributed by atoms with van der Waals surface area (Å²) in [6.45, 7) is 3.33. The molecule has 5 nitrogen and oxygen atoms in total. The highest BCUT2D eigenvalue weighted by atomic mass is 16.5. The number of ether oxygens (including phenoxy) is 2. The summed E-state index contributed by atoms with van der Waals surface area (Å²) in [6.07, 6.45) is 7.33. The van der Waals surface area contributed by atoms with E-state index in [9.17, 15) is 0 Å². The first kappa shape index (κ1) is 10.7. The molecule has 17 heavy (non-hydrogen) atoms. The van der Waals surface area contributed by atoms with Crippen LogP contribution in [0.15, 0.2) is 30.8 Å². The Morgan fingerprint density at radius 2 is 1.94 bits per heavy atom. The molecule has 1 saturated heterocycles. The van der Waals surface area contributed by atoms with Crippen molar-refractivity contribution in [3.8, 4) is 0 Å². The maximum Gasteiger partial charge on any atom is 0.165 e. The molecule has 2 aliphatic heterocycles. The fourth-order valence-corrected chi connectivity index (χ4v) is 2.23. The van der Waals surface area contributed by atoms with Gasteiger partial charge in [0.15, 0.2) is 6.23 Å². The number of hydrogen-bond donors (Lipinski definition) is 0. The van der Waals surface area contributed by atoms with Crippen LogP contribution in [0.3, 0.4) is 0 Å². The molecule has 0 spiro atoms. The van der Waals surface area contributed by atoms with Crippen LogP contribution in [0.25, 0.3) is 0 Å². The zero-order valence-corrected chi connectivity index (χ0v) is 9.53. The number of morpholine rings is 1. The van der Waals surface area contributed by atoms with Crippen molar-refractivity contribution in [3.05, 3.63) is 36.6 Å². The predicted molar refractivity (Wildman–Crippen MR) is 61.2 cm³/mol. The smallest absolute Gasteiger partial charge is 0.165 e. The molecule has 3 heterocycles. The summed E-state index contributed by atoms with van der Waals surface area (Å²) >= 11 is 0. The number of rotatable bonds is 2. The van der Waals surface area contributed by atoms with Crippen LogP contribution in [0.4, 0.5) is 0 Å². The van der Waals surface area contributed by atoms with Crippen LogP contribution in [-0.2, 0) is 9.47 Å². The van der Waals surface area contributed by atoms with Crippen molar-refractivity contribution in [2.75, 3.05) is 26.3 Å². The lowest BCUT2D eigenvalue weighted by molar-refractivity contribution is -0.0613. The Bertz CT molecular complexity index is 390. The molecule has 1 fully saturated rings. The van der Waals surface area contributed by atoms with Crippen molar-refractivity contribution in [1.29, 1.82) is 0 Å². The van der Waals surface area contributed by atoms with E-state index in [1.165, 1.54) is 0 Å². The summed E-state index contributed by atoms with van der Waals surface area (Å²) in [4.78, 5) is 10.9. The molecule has 2 aliphatic rings. The Labute approximate surface area is 100 Å². The average molecular weight is 233 g/mol. The van der Waals surface area contributed by atoms with Crippen LogP contribution in [0.1, 0.15) is 11.7 Å². The molecule has 0 radical (unpaired) electrons. The van der Waals surface area contributed by atoms with Gasteiger partial charge in [0.05, 0.1) is 25.4 Å². The van der Waals surface area contributed by atoms with Gasteiger partial charge in [0, 0.05) is 25.5 Å². The van der Waals surface area contributed by atoms with Gasteiger partial charge in [0.1, 0.15) is 5.82 Å². The van der Waals surface area contributed by atoms with Crippen molar-refractivity contribution < 1.29 is 9.47 Å². The minimum absolute atomic E-state index is 0.0151. The largest absolute Gasteiger partial charge is 0.482 e. The zero-order valence-electron chi connectivity index (χ0n) is 9.53. The Morgan fingerprint density at radius 3 is 2.71 bits per heavy atom. The van der Waals surface area contributed by atoms with E-state index in [1.54, 1.807) is 18.7 Å². The van der Waals surface area contributed by atoms with Crippen LogP contribution < -0.4 is 0 Å². The summed E-state index contributed by atoms with van der Waals surface area (Å²) in [5, 5.41) is 0. The summed E-state index contributed by atoms with van der Waals surface area (Å²) in [5.41, 5.74) is 0. The Morgan fingerprint density at radius 1 is 1.18 bits per heavy atom. The monoisotopic (exact) mass is 233 g/mol. The van der Waals surface area contributed by atoms with Crippen LogP contribution >= 0.6 is 0 Å². The highest BCUT2D eigenvalue weighted by Crippen LogP contribution is 2.28. The molecule has 0 amide bonds. The summed E-state index contributed by atoms with van der Waals surface area (Å²) in [6, 6.07) is 1.83. The van der Waals surface area contributed by atoms with Crippen LogP contribution in [0.5, 0.6) is 0 Å². The molecule has 1 aromatic heterocycles. The first-order chi connectivity index (χ1) is 8.45. The molecule has 0 bridgehead atoms. The van der Waals surface area contributed by atoms with Gasteiger partial charge in [-0.1, -0.05) is 0 Å². The average Bonchev–Trinajstić information content (AvgIpc) is 2.90. The SMILES string of the molecule is C1=CC(c2ncccn2)C(N2CCOCC2)O1. The zero-order chi connectivity index (χ0) is 11.5. The third kappa shape index (κ3) is 2.16. The lowest BCUT2D eigenvalue weighted by Crippen LogP contribution is -2.45. The van der Waals surface area contributed by atoms with Crippen molar-refractivity contribution in [2.45, 2.75) is 12.1 Å². The number of nitrogens with zero attached hydrogens (tertiary/aromatic N) is 3. The Kier molecular flexibility index (Phi) is 3.02. The van der Waals surface area contributed by atoms with Crippen molar-refractivity contribution >= 4 is 0 Å². The van der Waals surface area contributed by atoms with Gasteiger partial charge in [0.2, 0.25) is 0 Å². The lowest BCUT2D eigenvalue weighted by atomic mass is 10.1. The third-order valence-corrected chi connectivity index (χ3v) is 3.10. The van der Waals surface area contributed by atoms with Crippen molar-refractivity contribution in [1.82, 2.24) is 14.9 Å². The number of hydrogen-bond acceptors (Lipinski definition) is 5. The first-order valence-electron chi connectivity index (χ1n) is 5.86. The second-order valence-electron chi connectivity index (χ2n) is 4.14. The van der Waals surface area contributed by atoms with Gasteiger partial charge in [-0.2, -0.15) is 0 Å². The molecule has 0 N–H and O–H groups in total. The fourth-order valence-electron chi connectivity index (χ4n) is 2.23. The predicted octanol–water partition coefficient (Wildman–Crippen LogP) is 0.762. The minimum atomic E-state index is 0.0151. The summed E-state index contributed by atoms with van der Waals surface area (Å²) < 4.78 is 11.0. The number of aromatic nitrogens is 2. The molecule has 0 aromatic carbocycles. The fraction of sp³-hybridized carbons (Fsp3) is 0.500. The third-order valence-electron chi connectivity index (χ3n) is 3.10. The molecular weight excluding hydrogens is 218 g/mol. The van der Waals surface area contributed by atoms with E-state index >= 15 is 0 Å². The second-order valence-corrected chi connectivity index (χ2v) is 4.14. The molecule has 90 valence electrons. The maximum absolute atomic E-state index is 5.67. The van der Waals surface area contributed by atoms with Crippen LogP contribution in [-0.4, -0.2) is 47.4 Å². The van der Waals surface area contributed by atoms with E-state index in [1.807, 2.05) is 12.1 Å². The second kappa shape index (κ2) is 4.81. The summed E-state index contributed by atoms with van der Waals surface area (Å²) in [7, 11) is 0. The van der Waals surface area contributed by atoms with Gasteiger partial charge in [-0.25, -0.2) is 9.97 Å². The highest BCUT2D eigenvalue weighted by molar-refractivity contribution is 5.13. The quantitative estimate of drug-likeness (QED) is 0.755. The molecule has 2 unspecified atom stereocenters. The molecule has 0 aliphatic carbocycles. The Hall–Kier alpha value is -1.46. The van der Waals surface area contributed by atoms with Crippen molar-refractivity contribution in [2.24, 2.45) is 0 Å². The Balaban J connectivity index is 1.77. The molecule has 3 rings (SSSR count). The molecular formula is C12H15N3O2.